The molecule has 1 aliphatic heterocycles. The van der Waals surface area contributed by atoms with Gasteiger partial charge < -0.3 is 5.43 Å². The van der Waals surface area contributed by atoms with E-state index < -0.39 is 0 Å². The van der Waals surface area contributed by atoms with Gasteiger partial charge in [0.1, 0.15) is 9.03 Å². The summed E-state index contributed by atoms with van der Waals surface area (Å²) in [6, 6.07) is 0. The second-order valence-electron chi connectivity index (χ2n) is 1.46. The fourth-order valence-corrected chi connectivity index (χ4v) is 2.88. The molecule has 0 aromatic heterocycles. The van der Waals surface area contributed by atoms with Gasteiger partial charge in [-0.25, -0.2) is 5.43 Å². The first-order valence-electron chi connectivity index (χ1n) is 2.66. The monoisotopic (exact) mass is 180 g/mol. The van der Waals surface area contributed by atoms with Crippen LogP contribution in [0.5, 0.6) is 0 Å². The zero-order valence-corrected chi connectivity index (χ0v) is 7.46. The highest BCUT2D eigenvalue weighted by Gasteiger charge is 2.17. The Bertz CT molecular complexity index is 116. The van der Waals surface area contributed by atoms with Crippen LogP contribution in [0.2, 0.25) is 0 Å². The fourth-order valence-electron chi connectivity index (χ4n) is 0.501. The summed E-state index contributed by atoms with van der Waals surface area (Å²) in [5.74, 6) is 1.12. The van der Waals surface area contributed by atoms with Crippen molar-refractivity contribution in [1.82, 2.24) is 10.9 Å². The van der Waals surface area contributed by atoms with Gasteiger partial charge >= 0.3 is 0 Å². The normalized spacial score (nSPS) is 26.3. The zero-order chi connectivity index (χ0) is 6.69. The molecule has 1 unspecified atom stereocenters. The third-order valence-electron chi connectivity index (χ3n) is 0.824. The van der Waals surface area contributed by atoms with E-state index in [2.05, 4.69) is 17.8 Å². The van der Waals surface area contributed by atoms with E-state index in [0.717, 1.165) is 10.1 Å². The Kier molecular flexibility index (Phi) is 3.11. The minimum atomic E-state index is 0.419. The quantitative estimate of drug-likeness (QED) is 0.621. The molecule has 2 N–H and O–H groups in total. The SMILES string of the molecule is CCSC1NNC(=S)S1. The number of hydrazine groups is 1. The minimum absolute atomic E-state index is 0.419. The number of hydrogen-bond donors (Lipinski definition) is 2. The molecule has 1 aliphatic rings. The smallest absolute Gasteiger partial charge is 0.150 e. The van der Waals surface area contributed by atoms with Crippen LogP contribution < -0.4 is 10.9 Å². The van der Waals surface area contributed by atoms with Crippen LogP contribution in [0.3, 0.4) is 0 Å². The predicted octanol–water partition coefficient (Wildman–Crippen LogP) is 1.15. The van der Waals surface area contributed by atoms with Gasteiger partial charge in [0.15, 0.2) is 0 Å². The number of thiocarbonyl (C=S) groups is 1. The van der Waals surface area contributed by atoms with Crippen molar-refractivity contribution in [1.29, 1.82) is 0 Å². The first-order chi connectivity index (χ1) is 4.33. The predicted molar refractivity (Wildman–Crippen MR) is 48.4 cm³/mol. The number of rotatable bonds is 2. The Balaban J connectivity index is 2.22. The standard InChI is InChI=1S/C4H8N2S3/c1-2-8-4-6-5-3(7)9-4/h4,6H,2H2,1H3,(H,5,7). The van der Waals surface area contributed by atoms with Crippen LogP contribution in [0.1, 0.15) is 6.92 Å². The van der Waals surface area contributed by atoms with E-state index in [9.17, 15) is 0 Å². The molecular weight excluding hydrogens is 172 g/mol. The van der Waals surface area contributed by atoms with Gasteiger partial charge in [-0.2, -0.15) is 0 Å². The number of thioether (sulfide) groups is 2. The second kappa shape index (κ2) is 3.65. The third-order valence-corrected chi connectivity index (χ3v) is 3.31. The van der Waals surface area contributed by atoms with E-state index in [1.165, 1.54) is 0 Å². The van der Waals surface area contributed by atoms with Crippen LogP contribution in [-0.4, -0.2) is 14.8 Å². The molecule has 0 aromatic rings. The zero-order valence-electron chi connectivity index (χ0n) is 5.01. The molecule has 0 aliphatic carbocycles. The maximum atomic E-state index is 4.89. The molecular formula is C4H8N2S3. The van der Waals surface area contributed by atoms with Gasteiger partial charge in [0.25, 0.3) is 0 Å². The van der Waals surface area contributed by atoms with Crippen molar-refractivity contribution in [2.45, 2.75) is 11.6 Å². The summed E-state index contributed by atoms with van der Waals surface area (Å²) in [6.45, 7) is 2.13. The summed E-state index contributed by atoms with van der Waals surface area (Å²) < 4.78 is 1.27. The summed E-state index contributed by atoms with van der Waals surface area (Å²) in [7, 11) is 0. The minimum Gasteiger partial charge on any atom is -0.305 e. The molecule has 1 fully saturated rings. The average molecular weight is 180 g/mol. The molecule has 1 atom stereocenters. The van der Waals surface area contributed by atoms with Gasteiger partial charge in [-0.3, -0.25) is 0 Å². The van der Waals surface area contributed by atoms with Crippen molar-refractivity contribution in [2.75, 3.05) is 5.75 Å². The molecule has 0 saturated carbocycles. The topological polar surface area (TPSA) is 24.1 Å². The van der Waals surface area contributed by atoms with Gasteiger partial charge in [0.05, 0.1) is 0 Å². The Labute approximate surface area is 68.5 Å². The summed E-state index contributed by atoms with van der Waals surface area (Å²) in [5.41, 5.74) is 5.92. The fraction of sp³-hybridized carbons (Fsp3) is 0.750. The summed E-state index contributed by atoms with van der Waals surface area (Å²) >= 11 is 8.39. The number of nitrogens with one attached hydrogen (secondary N) is 2. The van der Waals surface area contributed by atoms with E-state index in [0.29, 0.717) is 4.71 Å². The molecule has 0 radical (unpaired) electrons. The molecule has 9 heavy (non-hydrogen) atoms. The lowest BCUT2D eigenvalue weighted by atomic mass is 11.0. The first-order valence-corrected chi connectivity index (χ1v) is 5.00. The molecule has 1 saturated heterocycles. The highest BCUT2D eigenvalue weighted by atomic mass is 32.2. The highest BCUT2D eigenvalue weighted by Crippen LogP contribution is 2.24. The van der Waals surface area contributed by atoms with Gasteiger partial charge in [-0.1, -0.05) is 30.9 Å². The largest absolute Gasteiger partial charge is 0.305 e. The Hall–Kier alpha value is 0.550. The van der Waals surface area contributed by atoms with E-state index in [-0.39, 0.29) is 0 Å². The summed E-state index contributed by atoms with van der Waals surface area (Å²) in [4.78, 5) is 0. The van der Waals surface area contributed by atoms with E-state index in [1.54, 1.807) is 11.8 Å². The van der Waals surface area contributed by atoms with E-state index >= 15 is 0 Å². The second-order valence-corrected chi connectivity index (χ2v) is 4.92. The first kappa shape index (κ1) is 7.65. The molecule has 1 rings (SSSR count). The maximum absolute atomic E-state index is 4.89. The lowest BCUT2D eigenvalue weighted by molar-refractivity contribution is 0.755. The molecule has 0 spiro atoms. The molecule has 52 valence electrons. The van der Waals surface area contributed by atoms with E-state index in [1.807, 2.05) is 11.8 Å². The Morgan fingerprint density at radius 1 is 1.89 bits per heavy atom. The van der Waals surface area contributed by atoms with Gasteiger partial charge in [0.2, 0.25) is 0 Å². The Morgan fingerprint density at radius 3 is 3.11 bits per heavy atom. The van der Waals surface area contributed by atoms with Gasteiger partial charge in [0, 0.05) is 0 Å². The molecule has 5 heteroatoms. The van der Waals surface area contributed by atoms with Crippen LogP contribution in [0.4, 0.5) is 0 Å². The van der Waals surface area contributed by atoms with Crippen molar-refractivity contribution >= 4 is 40.1 Å². The maximum Gasteiger partial charge on any atom is 0.150 e. The molecule has 0 amide bonds. The molecule has 0 aromatic carbocycles. The van der Waals surface area contributed by atoms with Gasteiger partial charge in [-0.05, 0) is 5.75 Å². The molecule has 2 nitrogen and oxygen atoms in total. The van der Waals surface area contributed by atoms with Gasteiger partial charge in [-0.15, -0.1) is 11.8 Å². The van der Waals surface area contributed by atoms with Crippen molar-refractivity contribution < 1.29 is 0 Å². The Morgan fingerprint density at radius 2 is 2.67 bits per heavy atom. The molecule has 0 bridgehead atoms. The molecule has 1 heterocycles. The van der Waals surface area contributed by atoms with Crippen LogP contribution >= 0.6 is 35.7 Å². The highest BCUT2D eigenvalue weighted by molar-refractivity contribution is 8.30. The van der Waals surface area contributed by atoms with Crippen LogP contribution in [-0.2, 0) is 0 Å². The summed E-state index contributed by atoms with van der Waals surface area (Å²) in [5, 5.41) is 0. The average Bonchev–Trinajstić information content (AvgIpc) is 2.17. The number of hydrogen-bond acceptors (Lipinski definition) is 4. The van der Waals surface area contributed by atoms with Crippen molar-refractivity contribution in [3.63, 3.8) is 0 Å². The van der Waals surface area contributed by atoms with Crippen LogP contribution in [0.25, 0.3) is 0 Å². The lowest BCUT2D eigenvalue weighted by Gasteiger charge is -2.02. The summed E-state index contributed by atoms with van der Waals surface area (Å²) in [6.07, 6.45) is 0. The van der Waals surface area contributed by atoms with Crippen LogP contribution in [0, 0.1) is 0 Å². The lowest BCUT2D eigenvalue weighted by Crippen LogP contribution is -2.29. The van der Waals surface area contributed by atoms with Crippen molar-refractivity contribution in [3.05, 3.63) is 0 Å². The van der Waals surface area contributed by atoms with Crippen LogP contribution in [0.15, 0.2) is 0 Å². The third kappa shape index (κ3) is 2.33. The van der Waals surface area contributed by atoms with Crippen molar-refractivity contribution in [3.8, 4) is 0 Å². The van der Waals surface area contributed by atoms with Crippen molar-refractivity contribution in [2.24, 2.45) is 0 Å². The van der Waals surface area contributed by atoms with E-state index in [4.69, 9.17) is 12.2 Å².